The highest BCUT2D eigenvalue weighted by atomic mass is 79.9. The zero-order valence-corrected chi connectivity index (χ0v) is 17.7. The van der Waals surface area contributed by atoms with Crippen LogP contribution < -0.4 is 5.32 Å². The molecule has 1 aromatic heterocycles. The fourth-order valence-corrected chi connectivity index (χ4v) is 6.69. The van der Waals surface area contributed by atoms with Crippen LogP contribution in [0.3, 0.4) is 0 Å². The molecule has 1 amide bonds. The Morgan fingerprint density at radius 2 is 1.92 bits per heavy atom. The van der Waals surface area contributed by atoms with Crippen molar-refractivity contribution < 1.29 is 13.2 Å². The highest BCUT2D eigenvalue weighted by Crippen LogP contribution is 2.30. The van der Waals surface area contributed by atoms with Crippen molar-refractivity contribution in [1.29, 1.82) is 0 Å². The van der Waals surface area contributed by atoms with E-state index in [4.69, 9.17) is 0 Å². The normalized spacial score (nSPS) is 16.5. The number of hydrogen-bond acceptors (Lipinski definition) is 4. The van der Waals surface area contributed by atoms with Gasteiger partial charge in [0.25, 0.3) is 10.0 Å². The van der Waals surface area contributed by atoms with Gasteiger partial charge in [-0.25, -0.2) is 8.42 Å². The maximum absolute atomic E-state index is 12.6. The summed E-state index contributed by atoms with van der Waals surface area (Å²) in [6.07, 6.45) is 1.09. The van der Waals surface area contributed by atoms with Crippen LogP contribution in [0.25, 0.3) is 0 Å². The monoisotopic (exact) mass is 456 g/mol. The lowest BCUT2D eigenvalue weighted by molar-refractivity contribution is -0.126. The molecule has 1 aliphatic rings. The van der Waals surface area contributed by atoms with E-state index in [1.165, 1.54) is 15.6 Å². The van der Waals surface area contributed by atoms with Crippen LogP contribution in [0.4, 0.5) is 0 Å². The summed E-state index contributed by atoms with van der Waals surface area (Å²) >= 11 is 4.51. The highest BCUT2D eigenvalue weighted by Gasteiger charge is 2.32. The number of carbonyl (C=O) groups is 1. The lowest BCUT2D eigenvalue weighted by atomic mass is 9.97. The van der Waals surface area contributed by atoms with E-state index in [1.807, 2.05) is 31.2 Å². The molecule has 3 rings (SSSR count). The third kappa shape index (κ3) is 4.36. The van der Waals surface area contributed by atoms with E-state index >= 15 is 0 Å². The topological polar surface area (TPSA) is 66.5 Å². The molecule has 1 saturated heterocycles. The van der Waals surface area contributed by atoms with E-state index < -0.39 is 10.0 Å². The van der Waals surface area contributed by atoms with Gasteiger partial charge in [0.15, 0.2) is 0 Å². The molecule has 2 aromatic rings. The Hall–Kier alpha value is -1.22. The molecule has 1 fully saturated rings. The quantitative estimate of drug-likeness (QED) is 0.747. The first-order valence-corrected chi connectivity index (χ1v) is 11.5. The fourth-order valence-electron chi connectivity index (χ4n) is 3.06. The lowest BCUT2D eigenvalue weighted by Crippen LogP contribution is -2.42. The molecule has 0 spiro atoms. The average Bonchev–Trinajstić information content (AvgIpc) is 3.08. The summed E-state index contributed by atoms with van der Waals surface area (Å²) in [5, 5.41) is 2.99. The molecule has 140 valence electrons. The lowest BCUT2D eigenvalue weighted by Gasteiger charge is -2.30. The Labute approximate surface area is 166 Å². The van der Waals surface area contributed by atoms with Gasteiger partial charge in [0.2, 0.25) is 5.91 Å². The number of sulfonamides is 1. The molecule has 0 radical (unpaired) electrons. The van der Waals surface area contributed by atoms with Crippen molar-refractivity contribution in [1.82, 2.24) is 9.62 Å². The van der Waals surface area contributed by atoms with Gasteiger partial charge in [0.1, 0.15) is 4.21 Å². The summed E-state index contributed by atoms with van der Waals surface area (Å²) in [6, 6.07) is 11.3. The predicted molar refractivity (Wildman–Crippen MR) is 107 cm³/mol. The number of amides is 1. The van der Waals surface area contributed by atoms with Crippen LogP contribution in [0.5, 0.6) is 0 Å². The van der Waals surface area contributed by atoms with Crippen LogP contribution >= 0.6 is 27.3 Å². The Balaban J connectivity index is 1.55. The zero-order valence-electron chi connectivity index (χ0n) is 14.4. The molecule has 1 N–H and O–H groups in total. The van der Waals surface area contributed by atoms with Crippen LogP contribution in [0.1, 0.15) is 24.0 Å². The minimum Gasteiger partial charge on any atom is -0.352 e. The minimum absolute atomic E-state index is 0.00386. The standard InChI is InChI=1S/C18H21BrN2O3S2/c1-13-4-2-3-5-15(13)12-20-18(22)14-8-10-21(11-9-14)26(23,24)17-7-6-16(19)25-17/h2-7,14H,8-12H2,1H3,(H,20,22). The molecule has 8 heteroatoms. The van der Waals surface area contributed by atoms with Crippen molar-refractivity contribution in [2.45, 2.75) is 30.5 Å². The van der Waals surface area contributed by atoms with Crippen molar-refractivity contribution in [3.8, 4) is 0 Å². The van der Waals surface area contributed by atoms with Crippen LogP contribution in [0.2, 0.25) is 0 Å². The number of carbonyl (C=O) groups excluding carboxylic acids is 1. The second kappa shape index (κ2) is 8.21. The van der Waals surface area contributed by atoms with Crippen molar-refractivity contribution in [2.75, 3.05) is 13.1 Å². The Morgan fingerprint density at radius 1 is 1.23 bits per heavy atom. The SMILES string of the molecule is Cc1ccccc1CNC(=O)C1CCN(S(=O)(=O)c2ccc(Br)s2)CC1. The molecule has 0 bridgehead atoms. The number of thiophene rings is 1. The largest absolute Gasteiger partial charge is 0.352 e. The average molecular weight is 457 g/mol. The van der Waals surface area contributed by atoms with Crippen molar-refractivity contribution >= 4 is 43.2 Å². The first-order valence-electron chi connectivity index (χ1n) is 8.45. The molecule has 26 heavy (non-hydrogen) atoms. The zero-order chi connectivity index (χ0) is 18.7. The Bertz CT molecular complexity index is 887. The van der Waals surface area contributed by atoms with Crippen LogP contribution in [-0.2, 0) is 21.4 Å². The van der Waals surface area contributed by atoms with Crippen LogP contribution in [-0.4, -0.2) is 31.7 Å². The molecule has 0 saturated carbocycles. The maximum atomic E-state index is 12.6. The van der Waals surface area contributed by atoms with Gasteiger partial charge in [-0.1, -0.05) is 24.3 Å². The van der Waals surface area contributed by atoms with Crippen molar-refractivity contribution in [2.24, 2.45) is 5.92 Å². The second-order valence-corrected chi connectivity index (χ2v) is 11.0. The Morgan fingerprint density at radius 3 is 2.54 bits per heavy atom. The molecule has 1 aliphatic heterocycles. The van der Waals surface area contributed by atoms with Gasteiger partial charge in [0, 0.05) is 25.6 Å². The number of aryl methyl sites for hydroxylation is 1. The van der Waals surface area contributed by atoms with E-state index in [1.54, 1.807) is 12.1 Å². The summed E-state index contributed by atoms with van der Waals surface area (Å²) in [5.41, 5.74) is 2.25. The predicted octanol–water partition coefficient (Wildman–Crippen LogP) is 3.54. The fraction of sp³-hybridized carbons (Fsp3) is 0.389. The van der Waals surface area contributed by atoms with E-state index in [2.05, 4.69) is 21.2 Å². The number of halogens is 1. The highest BCUT2D eigenvalue weighted by molar-refractivity contribution is 9.11. The number of piperidine rings is 1. The van der Waals surface area contributed by atoms with Gasteiger partial charge in [0.05, 0.1) is 3.79 Å². The first-order chi connectivity index (χ1) is 12.4. The van der Waals surface area contributed by atoms with E-state index in [0.717, 1.165) is 14.9 Å². The van der Waals surface area contributed by atoms with Gasteiger partial charge in [-0.15, -0.1) is 11.3 Å². The van der Waals surface area contributed by atoms with Gasteiger partial charge in [-0.3, -0.25) is 4.79 Å². The maximum Gasteiger partial charge on any atom is 0.252 e. The molecule has 1 aromatic carbocycles. The van der Waals surface area contributed by atoms with Crippen LogP contribution in [0.15, 0.2) is 44.4 Å². The molecular formula is C18H21BrN2O3S2. The van der Waals surface area contributed by atoms with E-state index in [9.17, 15) is 13.2 Å². The number of nitrogens with zero attached hydrogens (tertiary/aromatic N) is 1. The Kier molecular flexibility index (Phi) is 6.17. The summed E-state index contributed by atoms with van der Waals surface area (Å²) in [6.45, 7) is 3.28. The van der Waals surface area contributed by atoms with E-state index in [0.29, 0.717) is 36.7 Å². The summed E-state index contributed by atoms with van der Waals surface area (Å²) < 4.78 is 27.9. The third-order valence-corrected chi connectivity index (χ3v) is 8.67. The molecular weight excluding hydrogens is 436 g/mol. The van der Waals surface area contributed by atoms with Crippen LogP contribution in [0, 0.1) is 12.8 Å². The van der Waals surface area contributed by atoms with Crippen molar-refractivity contribution in [3.05, 3.63) is 51.3 Å². The van der Waals surface area contributed by atoms with E-state index in [-0.39, 0.29) is 11.8 Å². The first kappa shape index (κ1) is 19.5. The number of hydrogen-bond donors (Lipinski definition) is 1. The minimum atomic E-state index is -3.46. The van der Waals surface area contributed by atoms with Gasteiger partial charge < -0.3 is 5.32 Å². The van der Waals surface area contributed by atoms with Gasteiger partial charge in [-0.2, -0.15) is 4.31 Å². The number of nitrogens with one attached hydrogen (secondary N) is 1. The molecule has 0 unspecified atom stereocenters. The summed E-state index contributed by atoms with van der Waals surface area (Å²) in [7, 11) is -3.46. The van der Waals surface area contributed by atoms with Gasteiger partial charge in [-0.05, 0) is 59.0 Å². The molecule has 5 nitrogen and oxygen atoms in total. The number of rotatable bonds is 5. The summed E-state index contributed by atoms with van der Waals surface area (Å²) in [5.74, 6) is -0.135. The summed E-state index contributed by atoms with van der Waals surface area (Å²) in [4.78, 5) is 12.4. The molecule has 0 aliphatic carbocycles. The van der Waals surface area contributed by atoms with Gasteiger partial charge >= 0.3 is 0 Å². The third-order valence-electron chi connectivity index (χ3n) is 4.68. The number of benzene rings is 1. The smallest absolute Gasteiger partial charge is 0.252 e. The second-order valence-electron chi connectivity index (χ2n) is 6.38. The van der Waals surface area contributed by atoms with Crippen molar-refractivity contribution in [3.63, 3.8) is 0 Å². The molecule has 0 atom stereocenters. The molecule has 2 heterocycles.